The van der Waals surface area contributed by atoms with Gasteiger partial charge < -0.3 is 10.7 Å². The molecule has 3 N–H and O–H groups in total. The Balaban J connectivity index is 0.000000605. The van der Waals surface area contributed by atoms with E-state index in [1.54, 1.807) is 11.1 Å². The molecule has 60 valence electrons. The summed E-state index contributed by atoms with van der Waals surface area (Å²) in [5.41, 5.74) is 2.56. The van der Waals surface area contributed by atoms with E-state index >= 15 is 0 Å². The van der Waals surface area contributed by atoms with Gasteiger partial charge in [-0.2, -0.15) is 0 Å². The van der Waals surface area contributed by atoms with E-state index in [1.807, 2.05) is 12.2 Å². The lowest BCUT2D eigenvalue weighted by molar-refractivity contribution is -0.475. The van der Waals surface area contributed by atoms with Crippen LogP contribution in [0.5, 0.6) is 0 Å². The smallest absolute Gasteiger partial charge is 0.278 e. The molecule has 0 spiro atoms. The first-order chi connectivity index (χ1) is 4.88. The predicted molar refractivity (Wildman–Crippen MR) is 36.7 cm³/mol. The molecule has 0 aliphatic carbocycles. The Morgan fingerprint density at radius 1 is 1.73 bits per heavy atom. The fourth-order valence-electron chi connectivity index (χ4n) is 0.909. The minimum absolute atomic E-state index is 0. The van der Waals surface area contributed by atoms with Crippen molar-refractivity contribution in [3.63, 3.8) is 0 Å². The zero-order chi connectivity index (χ0) is 6.97. The van der Waals surface area contributed by atoms with Gasteiger partial charge in [0.1, 0.15) is 6.54 Å². The van der Waals surface area contributed by atoms with Crippen molar-refractivity contribution in [2.24, 2.45) is 5.22 Å². The second kappa shape index (κ2) is 2.59. The number of nitrogens with one attached hydrogen (secondary N) is 1. The van der Waals surface area contributed by atoms with E-state index in [0.29, 0.717) is 17.2 Å². The molecule has 0 amide bonds. The van der Waals surface area contributed by atoms with Crippen LogP contribution in [0.3, 0.4) is 0 Å². The van der Waals surface area contributed by atoms with Gasteiger partial charge in [-0.1, -0.05) is 11.6 Å². The topological polar surface area (TPSA) is 85.2 Å². The summed E-state index contributed by atoms with van der Waals surface area (Å²) in [6.07, 6.45) is 5.48. The van der Waals surface area contributed by atoms with Gasteiger partial charge in [-0.05, 0) is 6.08 Å². The van der Waals surface area contributed by atoms with Crippen molar-refractivity contribution in [1.82, 2.24) is 10.5 Å². The summed E-state index contributed by atoms with van der Waals surface area (Å²) in [5, 5.41) is 15.8. The molecule has 6 nitrogen and oxygen atoms in total. The van der Waals surface area contributed by atoms with Gasteiger partial charge >= 0.3 is 0 Å². The van der Waals surface area contributed by atoms with E-state index in [4.69, 9.17) is 0 Å². The first-order valence-corrected chi connectivity index (χ1v) is 2.96. The normalized spacial score (nSPS) is 19.5. The lowest BCUT2D eigenvalue weighted by Crippen LogP contribution is -2.30. The Morgan fingerprint density at radius 3 is 3.27 bits per heavy atom. The van der Waals surface area contributed by atoms with Gasteiger partial charge in [-0.25, -0.2) is 0 Å². The van der Waals surface area contributed by atoms with Gasteiger partial charge in [-0.3, -0.25) is 0 Å². The Hall–Kier alpha value is -1.56. The largest absolute Gasteiger partial charge is 0.722 e. The molecular weight excluding hydrogens is 148 g/mol. The number of hydrazine groups is 1. The highest BCUT2D eigenvalue weighted by atomic mass is 16.5. The molecule has 0 saturated heterocycles. The first kappa shape index (κ1) is 7.55. The number of hydrogen-bond acceptors (Lipinski definition) is 4. The van der Waals surface area contributed by atoms with Gasteiger partial charge in [0.2, 0.25) is 0 Å². The van der Waals surface area contributed by atoms with E-state index in [1.165, 1.54) is 0 Å². The van der Waals surface area contributed by atoms with E-state index in [2.05, 4.69) is 10.8 Å². The maximum absolute atomic E-state index is 10.8. The zero-order valence-electron chi connectivity index (χ0n) is 5.69. The van der Waals surface area contributed by atoms with Gasteiger partial charge in [0, 0.05) is 6.08 Å². The quantitative estimate of drug-likeness (QED) is 0.370. The molecule has 0 aromatic heterocycles. The number of fused-ring (bicyclic) bond motifs is 1. The highest BCUT2D eigenvalue weighted by Gasteiger charge is 2.24. The molecule has 0 aromatic carbocycles. The van der Waals surface area contributed by atoms with Crippen LogP contribution < -0.4 is 5.53 Å². The van der Waals surface area contributed by atoms with Crippen LogP contribution in [0.15, 0.2) is 29.3 Å². The summed E-state index contributed by atoms with van der Waals surface area (Å²) < 4.78 is 0. The lowest BCUT2D eigenvalue weighted by atomic mass is 10.3. The maximum atomic E-state index is 10.8. The van der Waals surface area contributed by atoms with Crippen molar-refractivity contribution in [3.05, 3.63) is 29.3 Å². The lowest BCUT2D eigenvalue weighted by Gasteiger charge is -2.10. The van der Waals surface area contributed by atoms with E-state index in [-0.39, 0.29) is 5.48 Å². The molecule has 0 unspecified atom stereocenters. The number of hydroxylamine groups is 1. The van der Waals surface area contributed by atoms with Gasteiger partial charge in [0.15, 0.2) is 0 Å². The molecule has 0 fully saturated rings. The van der Waals surface area contributed by atoms with Crippen LogP contribution in [-0.2, 0) is 0 Å². The Morgan fingerprint density at radius 2 is 2.55 bits per heavy atom. The summed E-state index contributed by atoms with van der Waals surface area (Å²) in [5.74, 6) is 0.544. The summed E-state index contributed by atoms with van der Waals surface area (Å²) >= 11 is 0. The zero-order valence-corrected chi connectivity index (χ0v) is 5.69. The second-order valence-corrected chi connectivity index (χ2v) is 2.04. The Bertz CT molecular complexity index is 245. The van der Waals surface area contributed by atoms with Crippen molar-refractivity contribution >= 4 is 0 Å². The third-order valence-electron chi connectivity index (χ3n) is 1.40. The average Bonchev–Trinajstić information content (AvgIpc) is 2.34. The number of allylic oxidation sites excluding steroid dienone is 2. The second-order valence-electron chi connectivity index (χ2n) is 2.04. The number of hydrogen-bond donors (Lipinski definition) is 1. The monoisotopic (exact) mass is 156 g/mol. The molecule has 2 aliphatic heterocycles. The minimum atomic E-state index is 0. The molecule has 6 heteroatoms. The highest BCUT2D eigenvalue weighted by Crippen LogP contribution is 2.11. The molecule has 2 rings (SSSR count). The highest BCUT2D eigenvalue weighted by molar-refractivity contribution is 5.12. The summed E-state index contributed by atoms with van der Waals surface area (Å²) in [4.78, 5) is 0.559. The van der Waals surface area contributed by atoms with Gasteiger partial charge in [0.25, 0.3) is 5.82 Å². The van der Waals surface area contributed by atoms with Crippen molar-refractivity contribution < 1.29 is 10.3 Å². The number of rotatable bonds is 0. The van der Waals surface area contributed by atoms with Gasteiger partial charge in [0.05, 0.1) is 5.22 Å². The van der Waals surface area contributed by atoms with Crippen molar-refractivity contribution in [2.45, 2.75) is 0 Å². The molecule has 2 aliphatic rings. The van der Waals surface area contributed by atoms with Crippen molar-refractivity contribution in [1.29, 1.82) is 0 Å². The van der Waals surface area contributed by atoms with Crippen LogP contribution in [0.2, 0.25) is 0 Å². The van der Waals surface area contributed by atoms with Crippen LogP contribution in [0.4, 0.5) is 0 Å². The third kappa shape index (κ3) is 1.03. The minimum Gasteiger partial charge on any atom is -0.722 e. The molecule has 0 saturated carbocycles. The standard InChI is InChI=1S/C5H6N4O.H2O/c10-9-5-3-1-2-4-8(5)6-7-9;/h1-3,6H,4H2;1H2. The third-order valence-corrected chi connectivity index (χ3v) is 1.40. The van der Waals surface area contributed by atoms with Crippen LogP contribution in [0.25, 0.3) is 0 Å². The SMILES string of the molecule is O.[O-][N+]1=NNN2CC=CC=C21. The van der Waals surface area contributed by atoms with E-state index in [0.717, 1.165) is 0 Å². The van der Waals surface area contributed by atoms with Crippen LogP contribution in [0, 0.1) is 5.21 Å². The average molecular weight is 156 g/mol. The molecular formula is C5H8N4O2. The Kier molecular flexibility index (Phi) is 1.77. The first-order valence-electron chi connectivity index (χ1n) is 2.96. The molecule has 0 radical (unpaired) electrons. The van der Waals surface area contributed by atoms with Crippen LogP contribution in [-0.4, -0.2) is 21.9 Å². The van der Waals surface area contributed by atoms with Gasteiger partial charge in [-0.15, -0.1) is 9.87 Å². The molecule has 0 atom stereocenters. The summed E-state index contributed by atoms with van der Waals surface area (Å²) in [6, 6.07) is 0. The van der Waals surface area contributed by atoms with Crippen LogP contribution >= 0.6 is 0 Å². The van der Waals surface area contributed by atoms with E-state index in [9.17, 15) is 5.21 Å². The fraction of sp³-hybridized carbons (Fsp3) is 0.200. The molecule has 2 heterocycles. The molecule has 11 heavy (non-hydrogen) atoms. The molecule has 0 aromatic rings. The molecule has 0 bridgehead atoms. The van der Waals surface area contributed by atoms with Crippen LogP contribution in [0.1, 0.15) is 0 Å². The maximum Gasteiger partial charge on any atom is 0.278 e. The number of nitrogens with zero attached hydrogens (tertiary/aromatic N) is 3. The fourth-order valence-corrected chi connectivity index (χ4v) is 0.909. The predicted octanol–water partition coefficient (Wildman–Crippen LogP) is -0.729. The Labute approximate surface area is 62.9 Å². The van der Waals surface area contributed by atoms with Crippen molar-refractivity contribution in [3.8, 4) is 0 Å². The summed E-state index contributed by atoms with van der Waals surface area (Å²) in [6.45, 7) is 0.689. The summed E-state index contributed by atoms with van der Waals surface area (Å²) in [7, 11) is 0. The van der Waals surface area contributed by atoms with Crippen molar-refractivity contribution in [2.75, 3.05) is 6.54 Å². The van der Waals surface area contributed by atoms with E-state index < -0.39 is 0 Å².